The highest BCUT2D eigenvalue weighted by Gasteiger charge is 2.28. The summed E-state index contributed by atoms with van der Waals surface area (Å²) >= 11 is 0. The Morgan fingerprint density at radius 1 is 1.25 bits per heavy atom. The Kier molecular flexibility index (Phi) is 5.79. The quantitative estimate of drug-likeness (QED) is 0.645. The summed E-state index contributed by atoms with van der Waals surface area (Å²) < 4.78 is 37.4. The van der Waals surface area contributed by atoms with Crippen LogP contribution in [0.15, 0.2) is 30.3 Å². The van der Waals surface area contributed by atoms with Crippen LogP contribution in [0, 0.1) is 18.6 Å². The number of hydrogen-bond donors (Lipinski definition) is 2. The van der Waals surface area contributed by atoms with Gasteiger partial charge in [-0.1, -0.05) is 6.07 Å². The largest absolute Gasteiger partial charge is 0.465 e. The van der Waals surface area contributed by atoms with E-state index in [4.69, 9.17) is 4.74 Å². The Labute approximate surface area is 182 Å². The number of hydrogen-bond acceptors (Lipinski definition) is 4. The minimum Gasteiger partial charge on any atom is -0.465 e. The number of aryl methyl sites for hydroxylation is 1. The second kappa shape index (κ2) is 8.54. The van der Waals surface area contributed by atoms with Gasteiger partial charge in [0.25, 0.3) is 5.91 Å². The van der Waals surface area contributed by atoms with E-state index in [0.29, 0.717) is 11.0 Å². The zero-order valence-corrected chi connectivity index (χ0v) is 17.6. The molecule has 2 aromatic carbocycles. The molecule has 0 bridgehead atoms. The van der Waals surface area contributed by atoms with E-state index < -0.39 is 29.7 Å². The normalized spacial score (nSPS) is 16.4. The Morgan fingerprint density at radius 2 is 1.97 bits per heavy atom. The number of carbonyl (C=O) groups excluding carboxylic acids is 1. The van der Waals surface area contributed by atoms with Crippen molar-refractivity contribution in [3.05, 3.63) is 53.1 Å². The molecule has 0 saturated carbocycles. The second-order valence-corrected chi connectivity index (χ2v) is 7.65. The summed E-state index contributed by atoms with van der Waals surface area (Å²) in [6.07, 6.45) is -1.57. The monoisotopic (exact) mass is 444 g/mol. The van der Waals surface area contributed by atoms with E-state index in [2.05, 4.69) is 10.3 Å². The summed E-state index contributed by atoms with van der Waals surface area (Å²) in [6, 6.07) is 7.39. The minimum atomic E-state index is -1.05. The van der Waals surface area contributed by atoms with Crippen LogP contribution < -0.4 is 5.32 Å². The molecule has 1 saturated heterocycles. The Balaban J connectivity index is 1.82. The predicted octanol–water partition coefficient (Wildman–Crippen LogP) is 3.03. The molecule has 1 fully saturated rings. The molecule has 2 amide bonds. The van der Waals surface area contributed by atoms with Crippen molar-refractivity contribution >= 4 is 23.0 Å². The Morgan fingerprint density at radius 3 is 2.62 bits per heavy atom. The van der Waals surface area contributed by atoms with Crippen molar-refractivity contribution in [2.45, 2.75) is 19.6 Å². The number of rotatable bonds is 4. The van der Waals surface area contributed by atoms with Crippen molar-refractivity contribution in [2.75, 3.05) is 26.7 Å². The number of carboxylic acid groups (broad SMARTS) is 1. The van der Waals surface area contributed by atoms with E-state index in [0.717, 1.165) is 17.7 Å². The first kappa shape index (κ1) is 21.7. The van der Waals surface area contributed by atoms with E-state index in [-0.39, 0.29) is 43.2 Å². The Hall–Kier alpha value is -3.53. The van der Waals surface area contributed by atoms with Gasteiger partial charge < -0.3 is 24.6 Å². The van der Waals surface area contributed by atoms with Crippen LogP contribution in [0.4, 0.5) is 13.6 Å². The lowest BCUT2D eigenvalue weighted by atomic mass is 10.1. The van der Waals surface area contributed by atoms with Crippen molar-refractivity contribution in [1.29, 1.82) is 0 Å². The lowest BCUT2D eigenvalue weighted by Gasteiger charge is -2.31. The molecule has 0 aliphatic carbocycles. The number of imidazole rings is 1. The van der Waals surface area contributed by atoms with E-state index in [1.165, 1.54) is 11.9 Å². The average Bonchev–Trinajstić information content (AvgIpc) is 3.09. The molecule has 168 valence electrons. The number of morpholine rings is 1. The number of nitrogens with zero attached hydrogens (tertiary/aromatic N) is 3. The first-order valence-electron chi connectivity index (χ1n) is 10.1. The summed E-state index contributed by atoms with van der Waals surface area (Å²) in [5.41, 5.74) is 1.60. The molecule has 8 nitrogen and oxygen atoms in total. The number of benzene rings is 2. The molecule has 32 heavy (non-hydrogen) atoms. The second-order valence-electron chi connectivity index (χ2n) is 7.65. The SMILES string of the molecule is CNC(=O)c1cc(F)c(-c2nc3cc(C)ccc3n2CC2CN(C(=O)O)CCO2)c(F)c1. The maximum atomic E-state index is 15.0. The van der Waals surface area contributed by atoms with Crippen molar-refractivity contribution in [3.63, 3.8) is 0 Å². The summed E-state index contributed by atoms with van der Waals surface area (Å²) in [5, 5.41) is 11.6. The van der Waals surface area contributed by atoms with E-state index in [1.807, 2.05) is 13.0 Å². The molecule has 1 unspecified atom stereocenters. The van der Waals surface area contributed by atoms with E-state index >= 15 is 8.78 Å². The molecule has 2 N–H and O–H groups in total. The third-order valence-electron chi connectivity index (χ3n) is 5.45. The molecule has 4 rings (SSSR count). The van der Waals surface area contributed by atoms with Crippen molar-refractivity contribution in [1.82, 2.24) is 19.8 Å². The number of carbonyl (C=O) groups is 2. The van der Waals surface area contributed by atoms with Crippen LogP contribution in [0.2, 0.25) is 0 Å². The van der Waals surface area contributed by atoms with Crippen LogP contribution >= 0.6 is 0 Å². The zero-order valence-electron chi connectivity index (χ0n) is 17.6. The van der Waals surface area contributed by atoms with Gasteiger partial charge in [-0.25, -0.2) is 18.6 Å². The standard InChI is InChI=1S/C22H22F2N4O4/c1-12-3-4-18-17(7-12)26-20(19-15(23)8-13(9-16(19)24)21(29)25-2)28(18)11-14-10-27(22(30)31)5-6-32-14/h3-4,7-9,14H,5-6,10-11H2,1-2H3,(H,25,29)(H,30,31). The van der Waals surface area contributed by atoms with Gasteiger partial charge in [-0.3, -0.25) is 4.79 Å². The number of amides is 2. The number of fused-ring (bicyclic) bond motifs is 1. The highest BCUT2D eigenvalue weighted by molar-refractivity contribution is 5.94. The van der Waals surface area contributed by atoms with Gasteiger partial charge in [-0.2, -0.15) is 0 Å². The number of ether oxygens (including phenoxy) is 1. The first-order valence-corrected chi connectivity index (χ1v) is 10.1. The zero-order chi connectivity index (χ0) is 23.0. The minimum absolute atomic E-state index is 0.0418. The number of aromatic nitrogens is 2. The van der Waals surface area contributed by atoms with Crippen molar-refractivity contribution < 1.29 is 28.2 Å². The molecule has 2 heterocycles. The van der Waals surface area contributed by atoms with E-state index in [9.17, 15) is 14.7 Å². The fourth-order valence-electron chi connectivity index (χ4n) is 3.88. The van der Waals surface area contributed by atoms with Crippen LogP contribution in [0.1, 0.15) is 15.9 Å². The van der Waals surface area contributed by atoms with Crippen LogP contribution in [0.3, 0.4) is 0 Å². The number of nitrogens with one attached hydrogen (secondary N) is 1. The first-order chi connectivity index (χ1) is 15.3. The smallest absolute Gasteiger partial charge is 0.407 e. The molecule has 0 spiro atoms. The van der Waals surface area contributed by atoms with Crippen molar-refractivity contribution in [2.24, 2.45) is 0 Å². The van der Waals surface area contributed by atoms with Crippen LogP contribution in [-0.2, 0) is 11.3 Å². The molecular formula is C22H22F2N4O4. The van der Waals surface area contributed by atoms with Crippen LogP contribution in [0.5, 0.6) is 0 Å². The summed E-state index contributed by atoms with van der Waals surface area (Å²) in [6.45, 7) is 2.64. The van der Waals surface area contributed by atoms with Gasteiger partial charge in [0.2, 0.25) is 0 Å². The van der Waals surface area contributed by atoms with Gasteiger partial charge in [0, 0.05) is 19.2 Å². The molecule has 0 radical (unpaired) electrons. The highest BCUT2D eigenvalue weighted by Crippen LogP contribution is 2.31. The van der Waals surface area contributed by atoms with Gasteiger partial charge in [0.15, 0.2) is 0 Å². The summed E-state index contributed by atoms with van der Waals surface area (Å²) in [5.74, 6) is -2.41. The van der Waals surface area contributed by atoms with Gasteiger partial charge in [0.1, 0.15) is 17.5 Å². The fourth-order valence-corrected chi connectivity index (χ4v) is 3.88. The van der Waals surface area contributed by atoms with Crippen LogP contribution in [0.25, 0.3) is 22.4 Å². The third-order valence-corrected chi connectivity index (χ3v) is 5.45. The molecule has 1 atom stereocenters. The average molecular weight is 444 g/mol. The van der Waals surface area contributed by atoms with Gasteiger partial charge in [-0.05, 0) is 36.8 Å². The lowest BCUT2D eigenvalue weighted by Crippen LogP contribution is -2.46. The van der Waals surface area contributed by atoms with Gasteiger partial charge >= 0.3 is 6.09 Å². The maximum Gasteiger partial charge on any atom is 0.407 e. The maximum absolute atomic E-state index is 15.0. The molecular weight excluding hydrogens is 422 g/mol. The molecule has 1 aliphatic rings. The molecule has 1 aliphatic heterocycles. The molecule has 1 aromatic heterocycles. The predicted molar refractivity (Wildman–Crippen MR) is 113 cm³/mol. The number of halogens is 2. The Bertz CT molecular complexity index is 1190. The molecule has 10 heteroatoms. The van der Waals surface area contributed by atoms with E-state index in [1.54, 1.807) is 16.7 Å². The third kappa shape index (κ3) is 4.01. The molecule has 3 aromatic rings. The van der Waals surface area contributed by atoms with Crippen molar-refractivity contribution in [3.8, 4) is 11.4 Å². The highest BCUT2D eigenvalue weighted by atomic mass is 19.1. The van der Waals surface area contributed by atoms with Gasteiger partial charge in [0.05, 0.1) is 42.4 Å². The summed E-state index contributed by atoms with van der Waals surface area (Å²) in [4.78, 5) is 28.9. The van der Waals surface area contributed by atoms with Crippen LogP contribution in [-0.4, -0.2) is 64.4 Å². The van der Waals surface area contributed by atoms with Gasteiger partial charge in [-0.15, -0.1) is 0 Å². The fraction of sp³-hybridized carbons (Fsp3) is 0.318. The lowest BCUT2D eigenvalue weighted by molar-refractivity contribution is -0.0286. The topological polar surface area (TPSA) is 96.7 Å². The summed E-state index contributed by atoms with van der Waals surface area (Å²) in [7, 11) is 1.37.